The van der Waals surface area contributed by atoms with Crippen LogP contribution >= 0.6 is 0 Å². The normalized spacial score (nSPS) is 27.2. The van der Waals surface area contributed by atoms with E-state index in [1.807, 2.05) is 6.92 Å². The Morgan fingerprint density at radius 2 is 1.88 bits per heavy atom. The van der Waals surface area contributed by atoms with Crippen LogP contribution in [-0.4, -0.2) is 11.7 Å². The fourth-order valence-corrected chi connectivity index (χ4v) is 4.20. The summed E-state index contributed by atoms with van der Waals surface area (Å²) in [5.41, 5.74) is 3.15. The summed E-state index contributed by atoms with van der Waals surface area (Å²) in [6, 6.07) is 1.56. The average Bonchev–Trinajstić information content (AvgIpc) is 2.50. The minimum Gasteiger partial charge on any atom is -0.490 e. The number of fused-ring (bicyclic) bond motifs is 6. The van der Waals surface area contributed by atoms with Crippen LogP contribution in [0.4, 0.5) is 0 Å². The number of benzene rings is 1. The smallest absolute Gasteiger partial charge is 0.336 e. The molecule has 1 aromatic carbocycles. The second-order valence-electron chi connectivity index (χ2n) is 8.34. The number of hydrogen-bond donors (Lipinski definition) is 0. The molecular weight excluding hydrogens is 316 g/mol. The molecule has 3 heterocycles. The zero-order valence-electron chi connectivity index (χ0n) is 15.9. The van der Waals surface area contributed by atoms with Crippen LogP contribution < -0.4 is 15.1 Å². The van der Waals surface area contributed by atoms with Crippen molar-refractivity contribution < 1.29 is 13.9 Å². The Morgan fingerprint density at radius 3 is 2.60 bits per heavy atom. The van der Waals surface area contributed by atoms with Gasteiger partial charge in [-0.1, -0.05) is 13.8 Å². The van der Waals surface area contributed by atoms with Gasteiger partial charge in [0.15, 0.2) is 0 Å². The van der Waals surface area contributed by atoms with Gasteiger partial charge in [-0.25, -0.2) is 4.79 Å². The average molecular weight is 342 g/mol. The van der Waals surface area contributed by atoms with Gasteiger partial charge in [0.25, 0.3) is 0 Å². The maximum atomic E-state index is 12.1. The van der Waals surface area contributed by atoms with Gasteiger partial charge in [-0.15, -0.1) is 0 Å². The molecule has 0 bridgehead atoms. The predicted octanol–water partition coefficient (Wildman–Crippen LogP) is 4.73. The van der Waals surface area contributed by atoms with Crippen LogP contribution in [0.5, 0.6) is 11.5 Å². The van der Waals surface area contributed by atoms with Gasteiger partial charge < -0.3 is 13.9 Å². The minimum absolute atomic E-state index is 0.121. The summed E-state index contributed by atoms with van der Waals surface area (Å²) in [5, 5.41) is 0.929. The molecule has 0 fully saturated rings. The molecule has 4 heteroatoms. The third-order valence-electron chi connectivity index (χ3n) is 6.07. The molecule has 0 radical (unpaired) electrons. The second-order valence-corrected chi connectivity index (χ2v) is 8.34. The van der Waals surface area contributed by atoms with E-state index in [2.05, 4.69) is 34.6 Å². The molecule has 0 aliphatic carbocycles. The van der Waals surface area contributed by atoms with Crippen LogP contribution in [0.25, 0.3) is 11.0 Å². The van der Waals surface area contributed by atoms with Crippen LogP contribution in [0.15, 0.2) is 15.3 Å². The van der Waals surface area contributed by atoms with Gasteiger partial charge in [-0.2, -0.15) is 0 Å². The Balaban J connectivity index is 2.15. The highest BCUT2D eigenvalue weighted by Gasteiger charge is 2.39. The number of rotatable bonds is 0. The van der Waals surface area contributed by atoms with E-state index in [9.17, 15) is 4.79 Å². The number of hydrogen-bond acceptors (Lipinski definition) is 4. The van der Waals surface area contributed by atoms with Crippen molar-refractivity contribution in [3.8, 4) is 11.5 Å². The van der Waals surface area contributed by atoms with E-state index in [-0.39, 0.29) is 23.2 Å². The highest BCUT2D eigenvalue weighted by Crippen LogP contribution is 2.52. The summed E-state index contributed by atoms with van der Waals surface area (Å²) in [7, 11) is 0. The third-order valence-corrected chi connectivity index (χ3v) is 6.07. The Kier molecular flexibility index (Phi) is 3.47. The SMILES string of the molecule is Cc1cc(=O)oc2c3c(c4c(c12)OC(C)(C)CC4)O[C@@H](C)[C@H](C)C3C. The van der Waals surface area contributed by atoms with E-state index in [1.54, 1.807) is 6.07 Å². The first-order valence-corrected chi connectivity index (χ1v) is 9.18. The summed E-state index contributed by atoms with van der Waals surface area (Å²) in [6.07, 6.45) is 1.97. The monoisotopic (exact) mass is 342 g/mol. The Hall–Kier alpha value is -1.97. The van der Waals surface area contributed by atoms with Gasteiger partial charge in [-0.3, -0.25) is 0 Å². The Morgan fingerprint density at radius 1 is 1.16 bits per heavy atom. The molecule has 0 saturated carbocycles. The molecule has 0 spiro atoms. The van der Waals surface area contributed by atoms with Crippen molar-refractivity contribution in [2.24, 2.45) is 5.92 Å². The van der Waals surface area contributed by atoms with E-state index < -0.39 is 0 Å². The lowest BCUT2D eigenvalue weighted by atomic mass is 9.79. The van der Waals surface area contributed by atoms with Crippen LogP contribution in [0.3, 0.4) is 0 Å². The van der Waals surface area contributed by atoms with Gasteiger partial charge in [0.05, 0.1) is 11.5 Å². The molecule has 0 amide bonds. The molecule has 4 rings (SSSR count). The highest BCUT2D eigenvalue weighted by molar-refractivity contribution is 5.94. The number of aryl methyl sites for hydroxylation is 1. The maximum Gasteiger partial charge on any atom is 0.336 e. The van der Waals surface area contributed by atoms with Crippen molar-refractivity contribution in [3.05, 3.63) is 33.2 Å². The summed E-state index contributed by atoms with van der Waals surface area (Å²) in [6.45, 7) is 12.7. The van der Waals surface area contributed by atoms with Crippen molar-refractivity contribution in [1.29, 1.82) is 0 Å². The standard InChI is InChI=1S/C21H26O4/c1-10-9-15(22)24-20-16(10)19-14(7-8-21(5,6)25-19)18-17(20)12(3)11(2)13(4)23-18/h9,11-13H,7-8H2,1-6H3/t11-,12?,13+/m1/s1. The largest absolute Gasteiger partial charge is 0.490 e. The molecule has 0 N–H and O–H groups in total. The predicted molar refractivity (Wildman–Crippen MR) is 97.9 cm³/mol. The summed E-state index contributed by atoms with van der Waals surface area (Å²) in [4.78, 5) is 12.1. The maximum absolute atomic E-state index is 12.1. The van der Waals surface area contributed by atoms with E-state index >= 15 is 0 Å². The van der Waals surface area contributed by atoms with Crippen LogP contribution in [0, 0.1) is 12.8 Å². The van der Waals surface area contributed by atoms with Crippen LogP contribution in [0.1, 0.15) is 63.6 Å². The van der Waals surface area contributed by atoms with Gasteiger partial charge in [0, 0.05) is 17.2 Å². The van der Waals surface area contributed by atoms with E-state index in [1.165, 1.54) is 0 Å². The lowest BCUT2D eigenvalue weighted by Gasteiger charge is -2.40. The molecule has 134 valence electrons. The van der Waals surface area contributed by atoms with Crippen molar-refractivity contribution in [2.45, 2.75) is 72.0 Å². The second kappa shape index (κ2) is 5.26. The zero-order chi connectivity index (χ0) is 18.1. The summed E-state index contributed by atoms with van der Waals surface area (Å²) in [5.74, 6) is 2.32. The molecule has 1 unspecified atom stereocenters. The first-order chi connectivity index (χ1) is 11.7. The summed E-state index contributed by atoms with van der Waals surface area (Å²) < 4.78 is 18.4. The third kappa shape index (κ3) is 2.37. The molecule has 1 aromatic heterocycles. The molecular formula is C21H26O4. The fraction of sp³-hybridized carbons (Fsp3) is 0.571. The van der Waals surface area contributed by atoms with Gasteiger partial charge in [0.1, 0.15) is 22.7 Å². The van der Waals surface area contributed by atoms with Gasteiger partial charge in [-0.05, 0) is 57.9 Å². The lowest BCUT2D eigenvalue weighted by molar-refractivity contribution is 0.0794. The molecule has 4 nitrogen and oxygen atoms in total. The van der Waals surface area contributed by atoms with E-state index in [0.717, 1.165) is 46.4 Å². The Labute approximate surface area is 148 Å². The van der Waals surface area contributed by atoms with Crippen molar-refractivity contribution >= 4 is 11.0 Å². The van der Waals surface area contributed by atoms with Crippen LogP contribution in [-0.2, 0) is 6.42 Å². The fourth-order valence-electron chi connectivity index (χ4n) is 4.20. The van der Waals surface area contributed by atoms with Gasteiger partial charge in [0.2, 0.25) is 0 Å². The Bertz CT molecular complexity index is 922. The quantitative estimate of drug-likeness (QED) is 0.650. The first-order valence-electron chi connectivity index (χ1n) is 9.18. The lowest BCUT2D eigenvalue weighted by Crippen LogP contribution is -2.36. The zero-order valence-corrected chi connectivity index (χ0v) is 15.9. The molecule has 2 aliphatic heterocycles. The van der Waals surface area contributed by atoms with E-state index in [0.29, 0.717) is 11.5 Å². The van der Waals surface area contributed by atoms with Crippen molar-refractivity contribution in [1.82, 2.24) is 0 Å². The molecule has 3 atom stereocenters. The molecule has 2 aliphatic rings. The van der Waals surface area contributed by atoms with Gasteiger partial charge >= 0.3 is 5.63 Å². The first kappa shape index (κ1) is 16.5. The number of ether oxygens (including phenoxy) is 2. The highest BCUT2D eigenvalue weighted by atomic mass is 16.5. The molecule has 0 saturated heterocycles. The minimum atomic E-state index is -0.319. The summed E-state index contributed by atoms with van der Waals surface area (Å²) >= 11 is 0. The van der Waals surface area contributed by atoms with Crippen molar-refractivity contribution in [2.75, 3.05) is 0 Å². The van der Waals surface area contributed by atoms with E-state index in [4.69, 9.17) is 13.9 Å². The topological polar surface area (TPSA) is 48.7 Å². The van der Waals surface area contributed by atoms with Crippen LogP contribution in [0.2, 0.25) is 0 Å². The molecule has 2 aromatic rings. The molecule has 25 heavy (non-hydrogen) atoms. The van der Waals surface area contributed by atoms with Crippen molar-refractivity contribution in [3.63, 3.8) is 0 Å².